The van der Waals surface area contributed by atoms with Crippen molar-refractivity contribution in [1.29, 1.82) is 0 Å². The molecule has 2 aromatic carbocycles. The number of halogens is 1. The minimum absolute atomic E-state index is 0.147. The number of para-hydroxylation sites is 1. The van der Waals surface area contributed by atoms with E-state index < -0.39 is 5.97 Å². The molecule has 0 spiro atoms. The lowest BCUT2D eigenvalue weighted by molar-refractivity contribution is 0.0698. The van der Waals surface area contributed by atoms with Gasteiger partial charge in [-0.25, -0.2) is 4.79 Å². The van der Waals surface area contributed by atoms with Crippen LogP contribution in [0.5, 0.6) is 0 Å². The fraction of sp³-hybridized carbons (Fsp3) is 0. The number of anilines is 1. The zero-order valence-electron chi connectivity index (χ0n) is 10.9. The molecule has 0 radical (unpaired) electrons. The van der Waals surface area contributed by atoms with Gasteiger partial charge >= 0.3 is 5.97 Å². The normalized spacial score (nSPS) is 10.5. The summed E-state index contributed by atoms with van der Waals surface area (Å²) in [7, 11) is 0. The zero-order valence-corrected chi connectivity index (χ0v) is 13.1. The number of hydrogen-bond donors (Lipinski definition) is 2. The predicted molar refractivity (Wildman–Crippen MR) is 89.7 cm³/mol. The van der Waals surface area contributed by atoms with E-state index in [4.69, 9.17) is 5.11 Å². The summed E-state index contributed by atoms with van der Waals surface area (Å²) in [6.07, 6.45) is 2.82. The third-order valence-corrected chi connectivity index (χ3v) is 3.48. The van der Waals surface area contributed by atoms with E-state index in [1.54, 1.807) is 30.3 Å². The summed E-state index contributed by atoms with van der Waals surface area (Å²) in [6, 6.07) is 13.7. The van der Waals surface area contributed by atoms with Crippen molar-refractivity contribution in [3.8, 4) is 0 Å². The summed E-state index contributed by atoms with van der Waals surface area (Å²) < 4.78 is 1.06. The van der Waals surface area contributed by atoms with Crippen LogP contribution in [0.2, 0.25) is 0 Å². The van der Waals surface area contributed by atoms with Crippen LogP contribution in [-0.2, 0) is 0 Å². The smallest absolute Gasteiger partial charge is 0.337 e. The Labute approximate surface area is 135 Å². The average Bonchev–Trinajstić information content (AvgIpc) is 2.48. The van der Waals surface area contributed by atoms with E-state index in [1.165, 1.54) is 18.3 Å². The molecule has 0 unspecified atom stereocenters. The van der Waals surface area contributed by atoms with Gasteiger partial charge in [-0.05, 0) is 46.9 Å². The third-order valence-electron chi connectivity index (χ3n) is 2.76. The molecule has 0 fully saturated rings. The van der Waals surface area contributed by atoms with Crippen LogP contribution in [-0.4, -0.2) is 16.9 Å². The molecular weight excluding hydrogens is 381 g/mol. The van der Waals surface area contributed by atoms with E-state index in [-0.39, 0.29) is 11.3 Å². The lowest BCUT2D eigenvalue weighted by atomic mass is 10.1. The lowest BCUT2D eigenvalue weighted by Gasteiger charge is -2.04. The fourth-order valence-electron chi connectivity index (χ4n) is 1.71. The summed E-state index contributed by atoms with van der Waals surface area (Å²) in [6.45, 7) is 0. The second-order valence-corrected chi connectivity index (χ2v) is 5.45. The Morgan fingerprint density at radius 1 is 1.05 bits per heavy atom. The molecule has 2 N–H and O–H groups in total. The maximum atomic E-state index is 11.9. The highest BCUT2D eigenvalue weighted by molar-refractivity contribution is 14.1. The van der Waals surface area contributed by atoms with E-state index >= 15 is 0 Å². The Balaban J connectivity index is 2.07. The Morgan fingerprint density at radius 3 is 2.38 bits per heavy atom. The number of hydrogen-bond acceptors (Lipinski definition) is 3. The monoisotopic (exact) mass is 393 g/mol. The molecule has 0 aliphatic heterocycles. The molecule has 2 aromatic rings. The Bertz CT molecular complexity index is 693. The van der Waals surface area contributed by atoms with Gasteiger partial charge in [0.25, 0.3) is 0 Å². The van der Waals surface area contributed by atoms with E-state index in [2.05, 4.69) is 27.9 Å². The van der Waals surface area contributed by atoms with Crippen molar-refractivity contribution >= 4 is 40.0 Å². The Hall–Kier alpha value is -2.15. The Morgan fingerprint density at radius 2 is 1.71 bits per heavy atom. The minimum Gasteiger partial charge on any atom is -0.478 e. The largest absolute Gasteiger partial charge is 0.478 e. The zero-order chi connectivity index (χ0) is 15.2. The van der Waals surface area contributed by atoms with Crippen molar-refractivity contribution < 1.29 is 14.7 Å². The second-order valence-electron chi connectivity index (χ2n) is 4.20. The molecule has 21 heavy (non-hydrogen) atoms. The highest BCUT2D eigenvalue weighted by atomic mass is 127. The predicted octanol–water partition coefficient (Wildman–Crippen LogP) is 3.80. The molecule has 0 aromatic heterocycles. The van der Waals surface area contributed by atoms with Crippen molar-refractivity contribution in [2.24, 2.45) is 0 Å². The molecule has 2 rings (SSSR count). The number of rotatable bonds is 5. The molecule has 0 amide bonds. The van der Waals surface area contributed by atoms with Gasteiger partial charge in [-0.1, -0.05) is 24.3 Å². The molecule has 0 atom stereocenters. The molecule has 0 heterocycles. The second kappa shape index (κ2) is 7.03. The van der Waals surface area contributed by atoms with Crippen molar-refractivity contribution in [3.05, 3.63) is 75.5 Å². The number of ketones is 1. The summed E-state index contributed by atoms with van der Waals surface area (Å²) >= 11 is 2.17. The van der Waals surface area contributed by atoms with Crippen molar-refractivity contribution in [2.75, 3.05) is 5.32 Å². The quantitative estimate of drug-likeness (QED) is 0.461. The van der Waals surface area contributed by atoms with E-state index in [1.807, 2.05) is 12.1 Å². The number of benzene rings is 2. The molecule has 0 aliphatic carbocycles. The van der Waals surface area contributed by atoms with Crippen molar-refractivity contribution in [1.82, 2.24) is 0 Å². The molecule has 0 saturated heterocycles. The molecular formula is C16H12INO3. The number of nitrogens with one attached hydrogen (secondary N) is 1. The third kappa shape index (κ3) is 4.16. The molecule has 0 aliphatic rings. The van der Waals surface area contributed by atoms with Crippen LogP contribution in [0, 0.1) is 3.57 Å². The number of allylic oxidation sites excluding steroid dienone is 1. The summed E-state index contributed by atoms with van der Waals surface area (Å²) in [4.78, 5) is 23.0. The number of carboxylic acids is 1. The van der Waals surface area contributed by atoms with Gasteiger partial charge in [-0.3, -0.25) is 4.79 Å². The maximum Gasteiger partial charge on any atom is 0.337 e. The highest BCUT2D eigenvalue weighted by Gasteiger charge is 2.07. The van der Waals surface area contributed by atoms with Crippen LogP contribution in [0.1, 0.15) is 20.7 Å². The van der Waals surface area contributed by atoms with Crippen LogP contribution >= 0.6 is 22.6 Å². The first-order valence-electron chi connectivity index (χ1n) is 6.13. The Kier molecular flexibility index (Phi) is 5.10. The van der Waals surface area contributed by atoms with Gasteiger partial charge in [0.2, 0.25) is 0 Å². The first-order valence-corrected chi connectivity index (χ1v) is 7.21. The summed E-state index contributed by atoms with van der Waals surface area (Å²) in [5.74, 6) is -1.16. The first-order chi connectivity index (χ1) is 10.1. The standard InChI is InChI=1S/C16H12INO3/c17-12-7-5-11(6-8-12)15(19)9-10-18-14-4-2-1-3-13(14)16(20)21/h1-10,18H,(H,20,21). The summed E-state index contributed by atoms with van der Waals surface area (Å²) in [5, 5.41) is 11.9. The number of carbonyl (C=O) groups is 2. The van der Waals surface area contributed by atoms with E-state index in [0.717, 1.165) is 3.57 Å². The molecule has 0 saturated carbocycles. The molecule has 106 valence electrons. The van der Waals surface area contributed by atoms with Gasteiger partial charge in [0.05, 0.1) is 11.3 Å². The SMILES string of the molecule is O=C(C=CNc1ccccc1C(=O)O)c1ccc(I)cc1. The van der Waals surface area contributed by atoms with Crippen LogP contribution in [0.3, 0.4) is 0 Å². The first kappa shape index (κ1) is 15.2. The van der Waals surface area contributed by atoms with E-state index in [0.29, 0.717) is 11.3 Å². The van der Waals surface area contributed by atoms with Gasteiger partial charge < -0.3 is 10.4 Å². The van der Waals surface area contributed by atoms with Crippen LogP contribution < -0.4 is 5.32 Å². The average molecular weight is 393 g/mol. The minimum atomic E-state index is -1.02. The molecule has 0 bridgehead atoms. The van der Waals surface area contributed by atoms with Gasteiger partial charge in [0.1, 0.15) is 0 Å². The van der Waals surface area contributed by atoms with Gasteiger partial charge in [-0.2, -0.15) is 0 Å². The van der Waals surface area contributed by atoms with Gasteiger partial charge in [0.15, 0.2) is 5.78 Å². The fourth-order valence-corrected chi connectivity index (χ4v) is 2.07. The maximum absolute atomic E-state index is 11.9. The van der Waals surface area contributed by atoms with Crippen molar-refractivity contribution in [3.63, 3.8) is 0 Å². The van der Waals surface area contributed by atoms with Crippen LogP contribution in [0.15, 0.2) is 60.8 Å². The van der Waals surface area contributed by atoms with Gasteiger partial charge in [0, 0.05) is 21.4 Å². The summed E-state index contributed by atoms with van der Waals surface area (Å²) in [5.41, 5.74) is 1.18. The van der Waals surface area contributed by atoms with Crippen LogP contribution in [0.25, 0.3) is 0 Å². The van der Waals surface area contributed by atoms with Crippen molar-refractivity contribution in [2.45, 2.75) is 0 Å². The highest BCUT2D eigenvalue weighted by Crippen LogP contribution is 2.15. The van der Waals surface area contributed by atoms with E-state index in [9.17, 15) is 9.59 Å². The number of aromatic carboxylic acids is 1. The number of carbonyl (C=O) groups excluding carboxylic acids is 1. The molecule has 4 nitrogen and oxygen atoms in total. The van der Waals surface area contributed by atoms with Gasteiger partial charge in [-0.15, -0.1) is 0 Å². The number of carboxylic acid groups (broad SMARTS) is 1. The topological polar surface area (TPSA) is 66.4 Å². The van der Waals surface area contributed by atoms with Crippen LogP contribution in [0.4, 0.5) is 5.69 Å². The lowest BCUT2D eigenvalue weighted by Crippen LogP contribution is -2.02. The molecule has 5 heteroatoms.